The van der Waals surface area contributed by atoms with E-state index in [9.17, 15) is 13.2 Å². The van der Waals surface area contributed by atoms with Crippen LogP contribution in [0.5, 0.6) is 0 Å². The lowest BCUT2D eigenvalue weighted by Crippen LogP contribution is -2.41. The van der Waals surface area contributed by atoms with Crippen molar-refractivity contribution in [3.05, 3.63) is 51.5 Å². The average Bonchev–Trinajstić information content (AvgIpc) is 3.46. The number of aromatic nitrogens is 2. The van der Waals surface area contributed by atoms with Crippen molar-refractivity contribution in [1.82, 2.24) is 14.4 Å². The molecule has 10 heteroatoms. The second-order valence-electron chi connectivity index (χ2n) is 7.63. The van der Waals surface area contributed by atoms with Crippen molar-refractivity contribution < 1.29 is 22.5 Å². The van der Waals surface area contributed by atoms with Gasteiger partial charge in [0, 0.05) is 17.5 Å². The third kappa shape index (κ3) is 4.28. The zero-order valence-corrected chi connectivity index (χ0v) is 19.1. The first-order chi connectivity index (χ1) is 14.8. The van der Waals surface area contributed by atoms with Crippen LogP contribution in [-0.4, -0.2) is 41.4 Å². The molecule has 0 N–H and O–H groups in total. The third-order valence-corrected chi connectivity index (χ3v) is 8.13. The number of rotatable bonds is 6. The van der Waals surface area contributed by atoms with Gasteiger partial charge in [-0.05, 0) is 56.2 Å². The summed E-state index contributed by atoms with van der Waals surface area (Å²) in [5.74, 6) is -0.0337. The van der Waals surface area contributed by atoms with Gasteiger partial charge >= 0.3 is 5.97 Å². The van der Waals surface area contributed by atoms with Crippen LogP contribution in [0.1, 0.15) is 35.4 Å². The number of sulfonamides is 1. The molecule has 4 rings (SSSR count). The van der Waals surface area contributed by atoms with Gasteiger partial charge in [0.1, 0.15) is 6.04 Å². The molecule has 31 heavy (non-hydrogen) atoms. The fraction of sp³-hybridized carbons (Fsp3) is 0.381. The maximum atomic E-state index is 13.4. The Morgan fingerprint density at radius 3 is 2.71 bits per heavy atom. The maximum absolute atomic E-state index is 13.4. The molecular weight excluding hydrogens is 438 g/mol. The molecule has 2 aromatic heterocycles. The molecule has 1 aliphatic rings. The van der Waals surface area contributed by atoms with E-state index in [2.05, 4.69) is 10.1 Å². The van der Waals surface area contributed by atoms with Gasteiger partial charge in [0.05, 0.1) is 4.90 Å². The number of benzene rings is 1. The fourth-order valence-corrected chi connectivity index (χ4v) is 6.70. The van der Waals surface area contributed by atoms with E-state index in [-0.39, 0.29) is 23.9 Å². The summed E-state index contributed by atoms with van der Waals surface area (Å²) in [6.45, 7) is 5.54. The smallest absolute Gasteiger partial charge is 0.324 e. The van der Waals surface area contributed by atoms with Gasteiger partial charge in [-0.3, -0.25) is 4.79 Å². The highest BCUT2D eigenvalue weighted by Crippen LogP contribution is 2.31. The van der Waals surface area contributed by atoms with Crippen molar-refractivity contribution in [2.75, 3.05) is 6.54 Å². The first-order valence-electron chi connectivity index (χ1n) is 9.89. The summed E-state index contributed by atoms with van der Waals surface area (Å²) in [5.41, 5.74) is 3.16. The zero-order chi connectivity index (χ0) is 22.2. The van der Waals surface area contributed by atoms with Crippen molar-refractivity contribution in [1.29, 1.82) is 0 Å². The molecule has 1 atom stereocenters. The summed E-state index contributed by atoms with van der Waals surface area (Å²) in [7, 11) is -3.84. The summed E-state index contributed by atoms with van der Waals surface area (Å²) in [4.78, 5) is 17.2. The number of ether oxygens (including phenoxy) is 1. The van der Waals surface area contributed by atoms with Gasteiger partial charge in [-0.25, -0.2) is 8.42 Å². The van der Waals surface area contributed by atoms with Crippen LogP contribution >= 0.6 is 11.3 Å². The molecule has 1 aromatic carbocycles. The fourth-order valence-electron chi connectivity index (χ4n) is 4.01. The zero-order valence-electron chi connectivity index (χ0n) is 17.5. The van der Waals surface area contributed by atoms with E-state index in [0.717, 1.165) is 11.1 Å². The summed E-state index contributed by atoms with van der Waals surface area (Å²) in [6, 6.07) is 4.67. The Hall–Kier alpha value is -2.56. The van der Waals surface area contributed by atoms with Gasteiger partial charge in [-0.1, -0.05) is 22.9 Å². The van der Waals surface area contributed by atoms with Gasteiger partial charge in [0.2, 0.25) is 15.8 Å². The predicted octanol–water partition coefficient (Wildman–Crippen LogP) is 3.62. The second kappa shape index (κ2) is 8.52. The van der Waals surface area contributed by atoms with Crippen LogP contribution in [0.25, 0.3) is 11.4 Å². The van der Waals surface area contributed by atoms with Gasteiger partial charge < -0.3 is 9.26 Å². The number of hydrogen-bond donors (Lipinski definition) is 0. The Labute approximate surface area is 184 Å². The summed E-state index contributed by atoms with van der Waals surface area (Å²) >= 11 is 1.51. The number of thiophene rings is 1. The minimum absolute atomic E-state index is 0.159. The highest BCUT2D eigenvalue weighted by atomic mass is 32.2. The maximum Gasteiger partial charge on any atom is 0.324 e. The molecule has 3 aromatic rings. The third-order valence-electron chi connectivity index (χ3n) is 5.23. The second-order valence-corrected chi connectivity index (χ2v) is 10.2. The molecule has 3 heterocycles. The number of carbonyl (C=O) groups is 1. The van der Waals surface area contributed by atoms with Crippen molar-refractivity contribution in [3.63, 3.8) is 0 Å². The van der Waals surface area contributed by atoms with E-state index in [4.69, 9.17) is 9.26 Å². The number of esters is 1. The molecule has 1 fully saturated rings. The SMILES string of the molecule is Cc1cc(C)c(S(=O)(=O)N2CCCC2C(=O)OCc2nc(-c3ccsc3)no2)c(C)c1. The number of carbonyl (C=O) groups excluding carboxylic acids is 1. The molecule has 0 amide bonds. The molecular formula is C21H23N3O5S2. The normalized spacial score (nSPS) is 17.2. The highest BCUT2D eigenvalue weighted by molar-refractivity contribution is 7.89. The minimum Gasteiger partial charge on any atom is -0.454 e. The van der Waals surface area contributed by atoms with Crippen molar-refractivity contribution >= 4 is 27.3 Å². The van der Waals surface area contributed by atoms with Crippen molar-refractivity contribution in [2.45, 2.75) is 51.2 Å². The molecule has 0 saturated carbocycles. The van der Waals surface area contributed by atoms with E-state index < -0.39 is 22.0 Å². The Morgan fingerprint density at radius 1 is 1.29 bits per heavy atom. The van der Waals surface area contributed by atoms with E-state index in [1.54, 1.807) is 13.8 Å². The predicted molar refractivity (Wildman–Crippen MR) is 115 cm³/mol. The number of nitrogens with zero attached hydrogens (tertiary/aromatic N) is 3. The molecule has 1 aliphatic heterocycles. The summed E-state index contributed by atoms with van der Waals surface area (Å²) < 4.78 is 38.5. The van der Waals surface area contributed by atoms with E-state index in [1.165, 1.54) is 15.6 Å². The lowest BCUT2D eigenvalue weighted by molar-refractivity contribution is -0.149. The first kappa shape index (κ1) is 21.7. The Kier molecular flexibility index (Phi) is 5.96. The Bertz CT molecular complexity index is 1180. The lowest BCUT2D eigenvalue weighted by Gasteiger charge is -2.24. The molecule has 1 saturated heterocycles. The van der Waals surface area contributed by atoms with Crippen LogP contribution in [-0.2, 0) is 26.2 Å². The quantitative estimate of drug-likeness (QED) is 0.517. The summed E-state index contributed by atoms with van der Waals surface area (Å²) in [6.07, 6.45) is 0.998. The lowest BCUT2D eigenvalue weighted by atomic mass is 10.1. The van der Waals surface area contributed by atoms with Gasteiger partial charge in [0.15, 0.2) is 6.61 Å². The van der Waals surface area contributed by atoms with Crippen molar-refractivity contribution in [3.8, 4) is 11.4 Å². The van der Waals surface area contributed by atoms with Crippen LogP contribution < -0.4 is 0 Å². The molecule has 0 spiro atoms. The van der Waals surface area contributed by atoms with E-state index in [1.807, 2.05) is 35.9 Å². The number of aryl methyl sites for hydroxylation is 3. The number of hydrogen-bond acceptors (Lipinski definition) is 8. The molecule has 8 nitrogen and oxygen atoms in total. The Balaban J connectivity index is 1.49. The minimum atomic E-state index is -3.84. The van der Waals surface area contributed by atoms with Crippen molar-refractivity contribution in [2.24, 2.45) is 0 Å². The standard InChI is InChI=1S/C21H23N3O5S2/c1-13-9-14(2)19(15(3)10-13)31(26,27)24-7-4-5-17(24)21(25)28-11-18-22-20(23-29-18)16-6-8-30-12-16/h6,8-10,12,17H,4-5,7,11H2,1-3H3. The van der Waals surface area contributed by atoms with Crippen LogP contribution in [0, 0.1) is 20.8 Å². The van der Waals surface area contributed by atoms with E-state index in [0.29, 0.717) is 29.8 Å². The van der Waals surface area contributed by atoms with Gasteiger partial charge in [-0.15, -0.1) is 0 Å². The topological polar surface area (TPSA) is 103 Å². The van der Waals surface area contributed by atoms with Crippen LogP contribution in [0.15, 0.2) is 38.4 Å². The Morgan fingerprint density at radius 2 is 2.03 bits per heavy atom. The van der Waals surface area contributed by atoms with Crippen LogP contribution in [0.2, 0.25) is 0 Å². The summed E-state index contributed by atoms with van der Waals surface area (Å²) in [5, 5.41) is 7.66. The van der Waals surface area contributed by atoms with Gasteiger partial charge in [0.25, 0.3) is 5.89 Å². The molecule has 1 unspecified atom stereocenters. The first-order valence-corrected chi connectivity index (χ1v) is 12.3. The van der Waals surface area contributed by atoms with Crippen LogP contribution in [0.4, 0.5) is 0 Å². The van der Waals surface area contributed by atoms with E-state index >= 15 is 0 Å². The van der Waals surface area contributed by atoms with Gasteiger partial charge in [-0.2, -0.15) is 20.6 Å². The molecule has 0 aliphatic carbocycles. The highest BCUT2D eigenvalue weighted by Gasteiger charge is 2.41. The molecule has 164 valence electrons. The largest absolute Gasteiger partial charge is 0.454 e. The average molecular weight is 462 g/mol. The van der Waals surface area contributed by atoms with Crippen LogP contribution in [0.3, 0.4) is 0 Å². The molecule has 0 bridgehead atoms. The monoisotopic (exact) mass is 461 g/mol. The molecule has 0 radical (unpaired) electrons.